The summed E-state index contributed by atoms with van der Waals surface area (Å²) in [5.74, 6) is -0.637. The van der Waals surface area contributed by atoms with Crippen LogP contribution in [0.15, 0.2) is 54.2 Å². The molecule has 7 nitrogen and oxygen atoms in total. The molecule has 8 heteroatoms. The first-order valence-electron chi connectivity index (χ1n) is 7.09. The maximum atomic E-state index is 12.1. The molecule has 0 spiro atoms. The number of carbonyl (C=O) groups excluding carboxylic acids is 1. The van der Waals surface area contributed by atoms with Crippen molar-refractivity contribution >= 4 is 34.6 Å². The number of halogens is 1. The van der Waals surface area contributed by atoms with Gasteiger partial charge in [-0.3, -0.25) is 14.9 Å². The predicted octanol–water partition coefficient (Wildman–Crippen LogP) is 4.01. The van der Waals surface area contributed by atoms with E-state index < -0.39 is 10.8 Å². The van der Waals surface area contributed by atoms with Gasteiger partial charge in [0.15, 0.2) is 0 Å². The average Bonchev–Trinajstić information content (AvgIpc) is 2.59. The zero-order chi connectivity index (χ0) is 18.4. The van der Waals surface area contributed by atoms with E-state index in [0.29, 0.717) is 16.4 Å². The van der Waals surface area contributed by atoms with Gasteiger partial charge >= 0.3 is 0 Å². The lowest BCUT2D eigenvalue weighted by atomic mass is 10.2. The number of amides is 1. The van der Waals surface area contributed by atoms with Crippen molar-refractivity contribution in [3.05, 3.63) is 74.9 Å². The van der Waals surface area contributed by atoms with Crippen LogP contribution in [0, 0.1) is 28.4 Å². The number of aryl methyl sites for hydroxylation is 1. The lowest BCUT2D eigenvalue weighted by Gasteiger charge is -2.06. The minimum atomic E-state index is -0.637. The Balaban J connectivity index is 2.08. The van der Waals surface area contributed by atoms with Crippen LogP contribution in [-0.4, -0.2) is 10.8 Å². The number of nitrogens with one attached hydrogen (secondary N) is 2. The fourth-order valence-electron chi connectivity index (χ4n) is 1.85. The zero-order valence-corrected chi connectivity index (χ0v) is 13.9. The fourth-order valence-corrected chi connectivity index (χ4v) is 2.03. The third-order valence-corrected chi connectivity index (χ3v) is 3.66. The normalized spacial score (nSPS) is 10.7. The summed E-state index contributed by atoms with van der Waals surface area (Å²) in [6, 6.07) is 12.3. The van der Waals surface area contributed by atoms with Gasteiger partial charge in [0.1, 0.15) is 11.6 Å². The molecule has 0 aliphatic rings. The summed E-state index contributed by atoms with van der Waals surface area (Å²) in [5, 5.41) is 25.6. The van der Waals surface area contributed by atoms with Crippen LogP contribution >= 0.6 is 11.6 Å². The molecule has 0 fully saturated rings. The summed E-state index contributed by atoms with van der Waals surface area (Å²) < 4.78 is 0. The van der Waals surface area contributed by atoms with Crippen LogP contribution in [0.5, 0.6) is 0 Å². The van der Waals surface area contributed by atoms with Crippen molar-refractivity contribution in [3.8, 4) is 6.07 Å². The SMILES string of the molecule is Cc1ccc(N/C=C(/C#N)C(=O)Nc2ccc([N+](=O)[O-])cc2)cc1Cl. The highest BCUT2D eigenvalue weighted by Gasteiger charge is 2.11. The molecule has 2 aromatic carbocycles. The van der Waals surface area contributed by atoms with Crippen molar-refractivity contribution in [1.82, 2.24) is 0 Å². The monoisotopic (exact) mass is 356 g/mol. The van der Waals surface area contributed by atoms with Gasteiger partial charge in [-0.2, -0.15) is 5.26 Å². The van der Waals surface area contributed by atoms with E-state index in [9.17, 15) is 14.9 Å². The van der Waals surface area contributed by atoms with Crippen LogP contribution in [0.4, 0.5) is 17.1 Å². The number of nitro groups is 1. The van der Waals surface area contributed by atoms with Gasteiger partial charge in [0.05, 0.1) is 4.92 Å². The van der Waals surface area contributed by atoms with Gasteiger partial charge in [-0.25, -0.2) is 0 Å². The number of hydrogen-bond donors (Lipinski definition) is 2. The molecule has 0 atom stereocenters. The minimum Gasteiger partial charge on any atom is -0.360 e. The van der Waals surface area contributed by atoms with Gasteiger partial charge in [-0.1, -0.05) is 17.7 Å². The second-order valence-corrected chi connectivity index (χ2v) is 5.44. The van der Waals surface area contributed by atoms with Crippen molar-refractivity contribution in [3.63, 3.8) is 0 Å². The molecular weight excluding hydrogens is 344 g/mol. The van der Waals surface area contributed by atoms with Gasteiger partial charge in [-0.05, 0) is 36.8 Å². The molecule has 2 N–H and O–H groups in total. The number of rotatable bonds is 5. The maximum Gasteiger partial charge on any atom is 0.269 e. The molecule has 126 valence electrons. The van der Waals surface area contributed by atoms with Gasteiger partial charge in [0.25, 0.3) is 11.6 Å². The molecule has 0 aliphatic carbocycles. The van der Waals surface area contributed by atoms with E-state index in [2.05, 4.69) is 10.6 Å². The second-order valence-electron chi connectivity index (χ2n) is 5.04. The van der Waals surface area contributed by atoms with E-state index in [1.54, 1.807) is 18.2 Å². The summed E-state index contributed by atoms with van der Waals surface area (Å²) in [5.41, 5.74) is 1.64. The zero-order valence-electron chi connectivity index (χ0n) is 13.1. The van der Waals surface area contributed by atoms with Crippen molar-refractivity contribution in [2.45, 2.75) is 6.92 Å². The van der Waals surface area contributed by atoms with Gasteiger partial charge in [-0.15, -0.1) is 0 Å². The molecular formula is C17H13ClN4O3. The topological polar surface area (TPSA) is 108 Å². The van der Waals surface area contributed by atoms with E-state index in [1.165, 1.54) is 30.5 Å². The number of nitro benzene ring substituents is 1. The number of non-ortho nitro benzene ring substituents is 1. The van der Waals surface area contributed by atoms with Crippen molar-refractivity contribution < 1.29 is 9.72 Å². The first-order valence-corrected chi connectivity index (χ1v) is 7.47. The number of nitrogens with zero attached hydrogens (tertiary/aromatic N) is 2. The molecule has 0 aromatic heterocycles. The smallest absolute Gasteiger partial charge is 0.269 e. The van der Waals surface area contributed by atoms with E-state index in [0.717, 1.165) is 5.56 Å². The number of nitriles is 1. The Morgan fingerprint density at radius 1 is 1.24 bits per heavy atom. The second kappa shape index (κ2) is 7.95. The summed E-state index contributed by atoms with van der Waals surface area (Å²) in [7, 11) is 0. The molecule has 0 heterocycles. The Labute approximate surface area is 148 Å². The Morgan fingerprint density at radius 3 is 2.44 bits per heavy atom. The molecule has 0 unspecified atom stereocenters. The van der Waals surface area contributed by atoms with Crippen molar-refractivity contribution in [2.24, 2.45) is 0 Å². The average molecular weight is 357 g/mol. The Morgan fingerprint density at radius 2 is 1.88 bits per heavy atom. The molecule has 0 aliphatic heterocycles. The van der Waals surface area contributed by atoms with Gasteiger partial charge in [0.2, 0.25) is 0 Å². The first kappa shape index (κ1) is 18.0. The van der Waals surface area contributed by atoms with E-state index in [1.807, 2.05) is 13.0 Å². The van der Waals surface area contributed by atoms with E-state index in [4.69, 9.17) is 16.9 Å². The van der Waals surface area contributed by atoms with Crippen LogP contribution in [-0.2, 0) is 4.79 Å². The molecule has 1 amide bonds. The molecule has 0 bridgehead atoms. The highest BCUT2D eigenvalue weighted by molar-refractivity contribution is 6.31. The Kier molecular flexibility index (Phi) is 5.71. The summed E-state index contributed by atoms with van der Waals surface area (Å²) in [6.45, 7) is 1.86. The van der Waals surface area contributed by atoms with Gasteiger partial charge < -0.3 is 10.6 Å². The standard InChI is InChI=1S/C17H13ClN4O3/c1-11-2-3-14(8-16(11)18)20-10-12(9-19)17(23)21-13-4-6-15(7-5-13)22(24)25/h2-8,10,20H,1H3,(H,21,23)/b12-10-. The summed E-state index contributed by atoms with van der Waals surface area (Å²) >= 11 is 6.01. The predicted molar refractivity (Wildman–Crippen MR) is 95.2 cm³/mol. The number of carbonyl (C=O) groups is 1. The molecule has 25 heavy (non-hydrogen) atoms. The maximum absolute atomic E-state index is 12.1. The quantitative estimate of drug-likeness (QED) is 0.364. The van der Waals surface area contributed by atoms with Crippen LogP contribution in [0.25, 0.3) is 0 Å². The van der Waals surface area contributed by atoms with Crippen molar-refractivity contribution in [2.75, 3.05) is 10.6 Å². The number of anilines is 2. The molecule has 2 rings (SSSR count). The van der Waals surface area contributed by atoms with Crippen LogP contribution in [0.2, 0.25) is 5.02 Å². The van der Waals surface area contributed by atoms with E-state index >= 15 is 0 Å². The first-order chi connectivity index (χ1) is 11.9. The molecule has 0 saturated heterocycles. The fraction of sp³-hybridized carbons (Fsp3) is 0.0588. The molecule has 2 aromatic rings. The van der Waals surface area contributed by atoms with Crippen molar-refractivity contribution in [1.29, 1.82) is 5.26 Å². The summed E-state index contributed by atoms with van der Waals surface area (Å²) in [6.07, 6.45) is 1.27. The van der Waals surface area contributed by atoms with E-state index in [-0.39, 0.29) is 11.3 Å². The summed E-state index contributed by atoms with van der Waals surface area (Å²) in [4.78, 5) is 22.2. The third kappa shape index (κ3) is 4.80. The minimum absolute atomic E-state index is 0.0908. The van der Waals surface area contributed by atoms with Gasteiger partial charge in [0, 0.05) is 34.7 Å². The molecule has 0 radical (unpaired) electrons. The number of hydrogen-bond acceptors (Lipinski definition) is 5. The lowest BCUT2D eigenvalue weighted by molar-refractivity contribution is -0.384. The highest BCUT2D eigenvalue weighted by atomic mass is 35.5. The highest BCUT2D eigenvalue weighted by Crippen LogP contribution is 2.20. The Hall–Kier alpha value is -3.37. The molecule has 0 saturated carbocycles. The van der Waals surface area contributed by atoms with Crippen LogP contribution < -0.4 is 10.6 Å². The van der Waals surface area contributed by atoms with Crippen LogP contribution in [0.3, 0.4) is 0 Å². The third-order valence-electron chi connectivity index (χ3n) is 3.26. The van der Waals surface area contributed by atoms with Crippen LogP contribution in [0.1, 0.15) is 5.56 Å². The lowest BCUT2D eigenvalue weighted by Crippen LogP contribution is -2.14. The largest absolute Gasteiger partial charge is 0.360 e. The Bertz CT molecular complexity index is 886. The number of benzene rings is 2.